The molecule has 4 nitrogen and oxygen atoms in total. The van der Waals surface area contributed by atoms with Crippen molar-refractivity contribution in [1.82, 2.24) is 0 Å². The van der Waals surface area contributed by atoms with Crippen LogP contribution < -0.4 is 0 Å². The topological polar surface area (TPSA) is 58.9 Å². The molecule has 2 N–H and O–H groups in total. The maximum Gasteiger partial charge on any atom is 0.213 e. The molecular formula is C35H70O4. The van der Waals surface area contributed by atoms with Gasteiger partial charge in [-0.3, -0.25) is 0 Å². The third-order valence-electron chi connectivity index (χ3n) is 7.91. The second-order valence-corrected chi connectivity index (χ2v) is 11.9. The summed E-state index contributed by atoms with van der Waals surface area (Å²) >= 11 is 0. The van der Waals surface area contributed by atoms with Gasteiger partial charge < -0.3 is 19.7 Å². The summed E-state index contributed by atoms with van der Waals surface area (Å²) in [6.07, 6.45) is 32.9. The lowest BCUT2D eigenvalue weighted by Gasteiger charge is -2.16. The van der Waals surface area contributed by atoms with Gasteiger partial charge in [0.2, 0.25) is 6.29 Å². The van der Waals surface area contributed by atoms with E-state index in [0.717, 1.165) is 19.4 Å². The number of aliphatic hydroxyl groups excluding tert-OH is 2. The second kappa shape index (κ2) is 31.9. The fourth-order valence-corrected chi connectivity index (χ4v) is 5.33. The molecule has 0 saturated carbocycles. The molecule has 0 rings (SSSR count). The van der Waals surface area contributed by atoms with E-state index in [1.54, 1.807) is 6.08 Å². The lowest BCUT2D eigenvalue weighted by molar-refractivity contribution is -0.0948. The second-order valence-electron chi connectivity index (χ2n) is 11.9. The molecule has 234 valence electrons. The van der Waals surface area contributed by atoms with Crippen LogP contribution in [0.15, 0.2) is 11.8 Å². The van der Waals surface area contributed by atoms with E-state index in [1.165, 1.54) is 141 Å². The zero-order valence-corrected chi connectivity index (χ0v) is 26.7. The van der Waals surface area contributed by atoms with Gasteiger partial charge in [-0.2, -0.15) is 0 Å². The molecule has 39 heavy (non-hydrogen) atoms. The van der Waals surface area contributed by atoms with Crippen molar-refractivity contribution in [3.8, 4) is 0 Å². The molecule has 0 saturated heterocycles. The Balaban J connectivity index is 3.48. The number of rotatable bonds is 32. The summed E-state index contributed by atoms with van der Waals surface area (Å²) in [5, 5.41) is 20.1. The zero-order valence-electron chi connectivity index (χ0n) is 26.7. The SMILES string of the molecule is CCCCCCCCCCCCCCCCCCCCOC(O)C(O)=CCCOCC(CCC)CCCCC. The van der Waals surface area contributed by atoms with Crippen LogP contribution in [0.4, 0.5) is 0 Å². The molecule has 0 aliphatic heterocycles. The van der Waals surface area contributed by atoms with E-state index in [1.807, 2.05) is 0 Å². The van der Waals surface area contributed by atoms with Crippen LogP contribution in [0, 0.1) is 5.92 Å². The van der Waals surface area contributed by atoms with Gasteiger partial charge in [0.15, 0.2) is 0 Å². The Kier molecular flexibility index (Phi) is 31.5. The van der Waals surface area contributed by atoms with Gasteiger partial charge in [0, 0.05) is 6.61 Å². The third kappa shape index (κ3) is 28.7. The van der Waals surface area contributed by atoms with Gasteiger partial charge in [0.05, 0.1) is 13.2 Å². The molecule has 2 unspecified atom stereocenters. The molecule has 0 heterocycles. The highest BCUT2D eigenvalue weighted by atomic mass is 16.6. The predicted octanol–water partition coefficient (Wildman–Crippen LogP) is 11.2. The largest absolute Gasteiger partial charge is 0.507 e. The van der Waals surface area contributed by atoms with E-state index in [-0.39, 0.29) is 5.76 Å². The van der Waals surface area contributed by atoms with Gasteiger partial charge in [-0.25, -0.2) is 0 Å². The minimum absolute atomic E-state index is 0.0888. The summed E-state index contributed by atoms with van der Waals surface area (Å²) in [6, 6.07) is 0. The van der Waals surface area contributed by atoms with Crippen LogP contribution in [-0.4, -0.2) is 36.3 Å². The van der Waals surface area contributed by atoms with Crippen molar-refractivity contribution in [3.05, 3.63) is 11.8 Å². The molecule has 0 aromatic carbocycles. The highest BCUT2D eigenvalue weighted by Gasteiger charge is 2.10. The fraction of sp³-hybridized carbons (Fsp3) is 0.943. The summed E-state index contributed by atoms with van der Waals surface area (Å²) in [4.78, 5) is 0. The highest BCUT2D eigenvalue weighted by Crippen LogP contribution is 2.17. The van der Waals surface area contributed by atoms with Crippen molar-refractivity contribution in [3.63, 3.8) is 0 Å². The fourth-order valence-electron chi connectivity index (χ4n) is 5.33. The molecule has 0 aromatic rings. The molecule has 0 fully saturated rings. The third-order valence-corrected chi connectivity index (χ3v) is 7.91. The molecule has 0 aliphatic rings. The lowest BCUT2D eigenvalue weighted by atomic mass is 9.97. The van der Waals surface area contributed by atoms with Gasteiger partial charge in [-0.05, 0) is 37.7 Å². The first-order valence-corrected chi connectivity index (χ1v) is 17.4. The zero-order chi connectivity index (χ0) is 28.7. The molecule has 0 aliphatic carbocycles. The van der Waals surface area contributed by atoms with Gasteiger partial charge >= 0.3 is 0 Å². The standard InChI is InChI=1S/C35H70O4/c1-4-7-9-10-11-12-13-14-15-16-17-18-19-20-21-22-23-25-31-39-35(37)34(36)29-26-30-38-32-33(27-6-3)28-24-8-5-2/h29,33,35-37H,4-28,30-32H2,1-3H3. The van der Waals surface area contributed by atoms with Gasteiger partial charge in [-0.15, -0.1) is 0 Å². The summed E-state index contributed by atoms with van der Waals surface area (Å²) in [6.45, 7) is 8.62. The Bertz CT molecular complexity index is 493. The monoisotopic (exact) mass is 555 g/mol. The quantitative estimate of drug-likeness (QED) is 0.0493. The predicted molar refractivity (Wildman–Crippen MR) is 169 cm³/mol. The van der Waals surface area contributed by atoms with E-state index in [4.69, 9.17) is 9.47 Å². The Morgan fingerprint density at radius 1 is 0.564 bits per heavy atom. The Labute approximate surface area is 244 Å². The van der Waals surface area contributed by atoms with E-state index < -0.39 is 6.29 Å². The molecular weight excluding hydrogens is 484 g/mol. The van der Waals surface area contributed by atoms with Crippen molar-refractivity contribution in [1.29, 1.82) is 0 Å². The molecule has 0 bridgehead atoms. The summed E-state index contributed by atoms with van der Waals surface area (Å²) in [7, 11) is 0. The van der Waals surface area contributed by atoms with E-state index in [9.17, 15) is 10.2 Å². The van der Waals surface area contributed by atoms with Gasteiger partial charge in [-0.1, -0.05) is 156 Å². The van der Waals surface area contributed by atoms with Crippen molar-refractivity contribution in [2.75, 3.05) is 19.8 Å². The minimum atomic E-state index is -1.21. The lowest BCUT2D eigenvalue weighted by Crippen LogP contribution is -2.16. The Morgan fingerprint density at radius 3 is 1.51 bits per heavy atom. The van der Waals surface area contributed by atoms with Gasteiger partial charge in [0.1, 0.15) is 5.76 Å². The van der Waals surface area contributed by atoms with Crippen LogP contribution in [0.2, 0.25) is 0 Å². The Hall–Kier alpha value is -0.580. The van der Waals surface area contributed by atoms with Crippen molar-refractivity contribution in [2.45, 2.75) is 188 Å². The number of unbranched alkanes of at least 4 members (excludes halogenated alkanes) is 19. The molecule has 0 amide bonds. The van der Waals surface area contributed by atoms with Crippen LogP contribution in [-0.2, 0) is 9.47 Å². The summed E-state index contributed by atoms with van der Waals surface area (Å²) in [5.74, 6) is 0.552. The minimum Gasteiger partial charge on any atom is -0.507 e. The molecule has 4 heteroatoms. The van der Waals surface area contributed by atoms with Crippen molar-refractivity contribution >= 4 is 0 Å². The van der Waals surface area contributed by atoms with E-state index in [0.29, 0.717) is 25.6 Å². The van der Waals surface area contributed by atoms with Gasteiger partial charge in [0.25, 0.3) is 0 Å². The van der Waals surface area contributed by atoms with Crippen LogP contribution in [0.25, 0.3) is 0 Å². The van der Waals surface area contributed by atoms with Crippen LogP contribution in [0.1, 0.15) is 181 Å². The highest BCUT2D eigenvalue weighted by molar-refractivity contribution is 4.93. The first-order chi connectivity index (χ1) is 19.2. The summed E-state index contributed by atoms with van der Waals surface area (Å²) < 4.78 is 11.2. The van der Waals surface area contributed by atoms with Crippen LogP contribution in [0.5, 0.6) is 0 Å². The van der Waals surface area contributed by atoms with E-state index >= 15 is 0 Å². The number of aliphatic hydroxyl groups is 2. The average Bonchev–Trinajstić information content (AvgIpc) is 2.93. The number of ether oxygens (including phenoxy) is 2. The number of hydrogen-bond donors (Lipinski definition) is 2. The normalized spacial score (nSPS) is 13.7. The van der Waals surface area contributed by atoms with Crippen molar-refractivity contribution < 1.29 is 19.7 Å². The first-order valence-electron chi connectivity index (χ1n) is 17.4. The maximum atomic E-state index is 10.0. The smallest absolute Gasteiger partial charge is 0.213 e. The number of hydrogen-bond acceptors (Lipinski definition) is 4. The summed E-state index contributed by atoms with van der Waals surface area (Å²) in [5.41, 5.74) is 0. The molecule has 0 aromatic heterocycles. The Morgan fingerprint density at radius 2 is 1.03 bits per heavy atom. The van der Waals surface area contributed by atoms with E-state index in [2.05, 4.69) is 20.8 Å². The van der Waals surface area contributed by atoms with Crippen LogP contribution in [0.3, 0.4) is 0 Å². The first kappa shape index (κ1) is 38.4. The maximum absolute atomic E-state index is 10.0. The average molecular weight is 555 g/mol. The van der Waals surface area contributed by atoms with Crippen LogP contribution >= 0.6 is 0 Å². The molecule has 0 radical (unpaired) electrons. The van der Waals surface area contributed by atoms with Crippen molar-refractivity contribution in [2.24, 2.45) is 5.92 Å². The molecule has 0 spiro atoms. The molecule has 2 atom stereocenters.